The van der Waals surface area contributed by atoms with Crippen LogP contribution in [0.15, 0.2) is 24.3 Å². The first-order chi connectivity index (χ1) is 42.5. The quantitative estimate of drug-likeness (QED) is 0.0243. The van der Waals surface area contributed by atoms with E-state index in [0.29, 0.717) is 17.4 Å². The second-order valence-corrected chi connectivity index (χ2v) is 29.9. The molecular formula is C78H156N2O6P+. The van der Waals surface area contributed by atoms with Gasteiger partial charge < -0.3 is 19.8 Å². The summed E-state index contributed by atoms with van der Waals surface area (Å²) in [5, 5.41) is 14.0. The standard InChI is InChI=1S/C78H155N2O6P/c1-6-8-10-12-14-16-18-20-22-24-26-28-30-32-33-34-35-36-37-38-39-40-41-42-43-44-45-46-47-48-50-52-54-56-58-60-62-64-66-68-70-72-78(82)79-76(75-86-87(83,84)85-74-73-80(3,4)5)77(81)71-69-67-65-63-61-59-57-55-53-51-49-31-29-27-25-23-21-19-17-15-13-11-9-7-2/h61,63,69,71,76-77,81H,6-60,62,64-68,70,72-75H2,1-5H3,(H-,79,82,83,84)/p+1/b63-61+,71-69+. The molecule has 0 aliphatic rings. The van der Waals surface area contributed by atoms with Crippen molar-refractivity contribution in [2.24, 2.45) is 0 Å². The number of quaternary nitrogens is 1. The Balaban J connectivity index is 3.90. The van der Waals surface area contributed by atoms with Crippen LogP contribution in [0.25, 0.3) is 0 Å². The van der Waals surface area contributed by atoms with Gasteiger partial charge in [0.05, 0.1) is 39.9 Å². The SMILES string of the molecule is CCCCCCCCCCCCCCCCCCCC/C=C/CC/C=C/C(O)C(COP(=O)(O)OCC[N+](C)(C)C)NC(=O)CCCCCCCCCCCCCCCCCCCCCCCCCCCCCCCCCCCCCCCCCCC. The predicted molar refractivity (Wildman–Crippen MR) is 383 cm³/mol. The van der Waals surface area contributed by atoms with Crippen molar-refractivity contribution in [3.05, 3.63) is 24.3 Å². The van der Waals surface area contributed by atoms with Gasteiger partial charge in [-0.1, -0.05) is 404 Å². The smallest absolute Gasteiger partial charge is 0.387 e. The number of phosphoric acid groups is 1. The maximum atomic E-state index is 13.1. The maximum Gasteiger partial charge on any atom is 0.472 e. The molecule has 0 heterocycles. The van der Waals surface area contributed by atoms with Gasteiger partial charge in [0.1, 0.15) is 13.2 Å². The third-order valence-electron chi connectivity index (χ3n) is 18.4. The third-order valence-corrected chi connectivity index (χ3v) is 19.4. The summed E-state index contributed by atoms with van der Waals surface area (Å²) in [5.41, 5.74) is 0. The van der Waals surface area contributed by atoms with Crippen LogP contribution in [-0.2, 0) is 18.4 Å². The van der Waals surface area contributed by atoms with E-state index in [9.17, 15) is 19.4 Å². The fraction of sp³-hybridized carbons (Fsp3) is 0.936. The van der Waals surface area contributed by atoms with Crippen LogP contribution in [0.3, 0.4) is 0 Å². The first kappa shape index (κ1) is 86.0. The number of rotatable bonds is 74. The van der Waals surface area contributed by atoms with Gasteiger partial charge in [-0.05, 0) is 32.1 Å². The average molecular weight is 1250 g/mol. The van der Waals surface area contributed by atoms with Crippen molar-refractivity contribution in [2.45, 2.75) is 431 Å². The molecule has 0 aromatic rings. The van der Waals surface area contributed by atoms with Crippen molar-refractivity contribution in [2.75, 3.05) is 40.9 Å². The summed E-state index contributed by atoms with van der Waals surface area (Å²) < 4.78 is 23.8. The van der Waals surface area contributed by atoms with Gasteiger partial charge in [0, 0.05) is 6.42 Å². The van der Waals surface area contributed by atoms with Gasteiger partial charge in [0.25, 0.3) is 0 Å². The number of allylic oxidation sites excluding steroid dienone is 3. The molecule has 9 heteroatoms. The molecule has 0 rings (SSSR count). The van der Waals surface area contributed by atoms with E-state index >= 15 is 0 Å². The monoisotopic (exact) mass is 1250 g/mol. The number of aliphatic hydroxyl groups excluding tert-OH is 1. The molecule has 0 fully saturated rings. The highest BCUT2D eigenvalue weighted by atomic mass is 31.2. The van der Waals surface area contributed by atoms with E-state index in [-0.39, 0.29) is 19.1 Å². The molecule has 3 atom stereocenters. The van der Waals surface area contributed by atoms with Crippen molar-refractivity contribution < 1.29 is 32.9 Å². The highest BCUT2D eigenvalue weighted by Gasteiger charge is 2.28. The van der Waals surface area contributed by atoms with E-state index in [1.165, 1.54) is 360 Å². The molecule has 8 nitrogen and oxygen atoms in total. The lowest BCUT2D eigenvalue weighted by molar-refractivity contribution is -0.870. The molecule has 0 aromatic heterocycles. The van der Waals surface area contributed by atoms with Crippen molar-refractivity contribution in [3.63, 3.8) is 0 Å². The van der Waals surface area contributed by atoms with E-state index in [4.69, 9.17) is 9.05 Å². The van der Waals surface area contributed by atoms with E-state index in [2.05, 4.69) is 31.3 Å². The topological polar surface area (TPSA) is 105 Å². The summed E-state index contributed by atoms with van der Waals surface area (Å²) in [5.74, 6) is -0.177. The largest absolute Gasteiger partial charge is 0.472 e. The van der Waals surface area contributed by atoms with Gasteiger partial charge in [0.2, 0.25) is 5.91 Å². The lowest BCUT2D eigenvalue weighted by Crippen LogP contribution is -2.45. The van der Waals surface area contributed by atoms with Gasteiger partial charge in [-0.2, -0.15) is 0 Å². The van der Waals surface area contributed by atoms with Crippen LogP contribution in [0.5, 0.6) is 0 Å². The average Bonchev–Trinajstić information content (AvgIpc) is 3.70. The zero-order chi connectivity index (χ0) is 63.4. The second kappa shape index (κ2) is 69.3. The summed E-state index contributed by atoms with van der Waals surface area (Å²) in [6, 6.07) is -0.862. The number of hydrogen-bond donors (Lipinski definition) is 3. The van der Waals surface area contributed by atoms with Gasteiger partial charge >= 0.3 is 7.82 Å². The molecule has 0 aliphatic carbocycles. The lowest BCUT2D eigenvalue weighted by atomic mass is 10.0. The van der Waals surface area contributed by atoms with Gasteiger partial charge in [0.15, 0.2) is 0 Å². The lowest BCUT2D eigenvalue weighted by Gasteiger charge is -2.25. The molecule has 3 N–H and O–H groups in total. The van der Waals surface area contributed by atoms with E-state index < -0.39 is 20.0 Å². The molecule has 0 bridgehead atoms. The van der Waals surface area contributed by atoms with E-state index in [1.54, 1.807) is 6.08 Å². The summed E-state index contributed by atoms with van der Waals surface area (Å²) in [6.07, 6.45) is 92.4. The number of unbranched alkanes of at least 4 members (excludes halogenated alkanes) is 59. The number of likely N-dealkylation sites (N-methyl/N-ethyl adjacent to an activating group) is 1. The summed E-state index contributed by atoms with van der Waals surface area (Å²) in [7, 11) is 1.58. The molecule has 3 unspecified atom stereocenters. The fourth-order valence-electron chi connectivity index (χ4n) is 12.4. The Labute approximate surface area is 545 Å². The summed E-state index contributed by atoms with van der Waals surface area (Å²) >= 11 is 0. The van der Waals surface area contributed by atoms with E-state index in [1.807, 2.05) is 27.2 Å². The maximum absolute atomic E-state index is 13.1. The molecule has 0 aliphatic heterocycles. The highest BCUT2D eigenvalue weighted by Crippen LogP contribution is 2.43. The van der Waals surface area contributed by atoms with Crippen LogP contribution in [0.4, 0.5) is 0 Å². The predicted octanol–water partition coefficient (Wildman–Crippen LogP) is 25.4. The Morgan fingerprint density at radius 2 is 0.632 bits per heavy atom. The highest BCUT2D eigenvalue weighted by molar-refractivity contribution is 7.47. The van der Waals surface area contributed by atoms with Crippen LogP contribution in [-0.4, -0.2) is 73.4 Å². The van der Waals surface area contributed by atoms with Crippen molar-refractivity contribution in [3.8, 4) is 0 Å². The number of carbonyl (C=O) groups is 1. The second-order valence-electron chi connectivity index (χ2n) is 28.4. The van der Waals surface area contributed by atoms with Crippen LogP contribution < -0.4 is 5.32 Å². The number of aliphatic hydroxyl groups is 1. The molecule has 0 aromatic carbocycles. The van der Waals surface area contributed by atoms with Gasteiger partial charge in [-0.3, -0.25) is 13.8 Å². The third kappa shape index (κ3) is 72.3. The Bertz CT molecular complexity index is 1470. The molecule has 1 amide bonds. The van der Waals surface area contributed by atoms with Crippen molar-refractivity contribution in [1.29, 1.82) is 0 Å². The molecule has 0 spiro atoms. The number of hydrogen-bond acceptors (Lipinski definition) is 5. The zero-order valence-corrected chi connectivity index (χ0v) is 60.4. The zero-order valence-electron chi connectivity index (χ0n) is 59.6. The fourth-order valence-corrected chi connectivity index (χ4v) is 13.1. The van der Waals surface area contributed by atoms with Crippen LogP contribution >= 0.6 is 7.82 Å². The summed E-state index contributed by atoms with van der Waals surface area (Å²) in [6.45, 7) is 4.87. The molecule has 0 saturated heterocycles. The Kier molecular flexibility index (Phi) is 68.5. The van der Waals surface area contributed by atoms with Gasteiger partial charge in [-0.15, -0.1) is 0 Å². The van der Waals surface area contributed by atoms with Crippen LogP contribution in [0.1, 0.15) is 418 Å². The minimum atomic E-state index is -4.36. The minimum Gasteiger partial charge on any atom is -0.387 e. The first-order valence-electron chi connectivity index (χ1n) is 39.2. The molecule has 518 valence electrons. The molecule has 87 heavy (non-hydrogen) atoms. The van der Waals surface area contributed by atoms with Crippen LogP contribution in [0, 0.1) is 0 Å². The first-order valence-corrected chi connectivity index (χ1v) is 40.7. The summed E-state index contributed by atoms with van der Waals surface area (Å²) in [4.78, 5) is 23.4. The number of nitrogens with zero attached hydrogens (tertiary/aromatic N) is 1. The molecular weight excluding hydrogens is 1090 g/mol. The molecule has 0 radical (unpaired) electrons. The normalized spacial score (nSPS) is 13.6. The van der Waals surface area contributed by atoms with Gasteiger partial charge in [-0.25, -0.2) is 4.57 Å². The number of amides is 1. The van der Waals surface area contributed by atoms with Crippen molar-refractivity contribution in [1.82, 2.24) is 5.32 Å². The van der Waals surface area contributed by atoms with E-state index in [0.717, 1.165) is 38.5 Å². The molecule has 0 saturated carbocycles. The minimum absolute atomic E-state index is 0.0591. The number of carbonyl (C=O) groups excluding carboxylic acids is 1. The number of phosphoric ester groups is 1. The Morgan fingerprint density at radius 1 is 0.379 bits per heavy atom. The number of nitrogens with one attached hydrogen (secondary N) is 1. The Hall–Kier alpha value is -1.02. The Morgan fingerprint density at radius 3 is 0.920 bits per heavy atom. The van der Waals surface area contributed by atoms with Crippen molar-refractivity contribution >= 4 is 13.7 Å². The van der Waals surface area contributed by atoms with Crippen LogP contribution in [0.2, 0.25) is 0 Å².